The average Bonchev–Trinajstić information content (AvgIpc) is 3.31. The van der Waals surface area contributed by atoms with Crippen LogP contribution in [0.1, 0.15) is 28.2 Å². The SMILES string of the molecule is Cc1ccc2nc(C)c(CN3CCc4nc(-c5ccco5)[nH]c(=O)c4C3)n2c1. The molecule has 7 heteroatoms. The van der Waals surface area contributed by atoms with Crippen molar-refractivity contribution in [3.05, 3.63) is 75.3 Å². The van der Waals surface area contributed by atoms with Crippen LogP contribution in [-0.2, 0) is 19.5 Å². The Labute approximate surface area is 161 Å². The molecule has 0 saturated carbocycles. The highest BCUT2D eigenvalue weighted by atomic mass is 16.3. The Morgan fingerprint density at radius 2 is 2.11 bits per heavy atom. The molecule has 0 bridgehead atoms. The Hall–Kier alpha value is -3.19. The Morgan fingerprint density at radius 1 is 1.21 bits per heavy atom. The van der Waals surface area contributed by atoms with Crippen molar-refractivity contribution in [2.24, 2.45) is 0 Å². The minimum Gasteiger partial charge on any atom is -0.461 e. The van der Waals surface area contributed by atoms with Crippen molar-refractivity contribution in [2.45, 2.75) is 33.4 Å². The highest BCUT2D eigenvalue weighted by Crippen LogP contribution is 2.22. The van der Waals surface area contributed by atoms with E-state index in [4.69, 9.17) is 4.42 Å². The first-order valence-electron chi connectivity index (χ1n) is 9.41. The lowest BCUT2D eigenvalue weighted by molar-refractivity contribution is 0.238. The summed E-state index contributed by atoms with van der Waals surface area (Å²) in [5, 5.41) is 0. The molecular weight excluding hydrogens is 354 g/mol. The van der Waals surface area contributed by atoms with E-state index in [0.29, 0.717) is 18.1 Å². The summed E-state index contributed by atoms with van der Waals surface area (Å²) >= 11 is 0. The number of furan rings is 1. The Balaban J connectivity index is 1.45. The summed E-state index contributed by atoms with van der Waals surface area (Å²) in [6.07, 6.45) is 4.44. The Morgan fingerprint density at radius 3 is 2.93 bits per heavy atom. The molecule has 7 nitrogen and oxygen atoms in total. The molecule has 0 radical (unpaired) electrons. The van der Waals surface area contributed by atoms with Gasteiger partial charge in [0.25, 0.3) is 5.56 Å². The van der Waals surface area contributed by atoms with Gasteiger partial charge in [0.2, 0.25) is 0 Å². The molecule has 0 aliphatic carbocycles. The number of hydrogen-bond acceptors (Lipinski definition) is 5. The Bertz CT molecular complexity index is 1220. The second-order valence-electron chi connectivity index (χ2n) is 7.36. The third-order valence-corrected chi connectivity index (χ3v) is 5.34. The van der Waals surface area contributed by atoms with Gasteiger partial charge in [0, 0.05) is 32.3 Å². The number of hydrogen-bond donors (Lipinski definition) is 1. The van der Waals surface area contributed by atoms with Gasteiger partial charge in [0.1, 0.15) is 5.65 Å². The molecule has 1 aliphatic heterocycles. The zero-order valence-corrected chi connectivity index (χ0v) is 15.9. The van der Waals surface area contributed by atoms with E-state index in [2.05, 4.69) is 43.4 Å². The highest BCUT2D eigenvalue weighted by Gasteiger charge is 2.23. The van der Waals surface area contributed by atoms with E-state index in [9.17, 15) is 4.79 Å². The molecule has 28 heavy (non-hydrogen) atoms. The lowest BCUT2D eigenvalue weighted by atomic mass is 10.1. The van der Waals surface area contributed by atoms with Gasteiger partial charge in [-0.05, 0) is 37.6 Å². The second kappa shape index (κ2) is 6.45. The van der Waals surface area contributed by atoms with Gasteiger partial charge in [0.15, 0.2) is 11.6 Å². The predicted octanol–water partition coefficient (Wildman–Crippen LogP) is 2.85. The number of imidazole rings is 1. The number of aromatic nitrogens is 4. The highest BCUT2D eigenvalue weighted by molar-refractivity contribution is 5.47. The monoisotopic (exact) mass is 375 g/mol. The van der Waals surface area contributed by atoms with Crippen LogP contribution in [0.15, 0.2) is 45.9 Å². The van der Waals surface area contributed by atoms with Gasteiger partial charge in [0.05, 0.1) is 28.9 Å². The van der Waals surface area contributed by atoms with Gasteiger partial charge >= 0.3 is 0 Å². The lowest BCUT2D eigenvalue weighted by Crippen LogP contribution is -2.35. The van der Waals surface area contributed by atoms with E-state index in [-0.39, 0.29) is 5.56 Å². The van der Waals surface area contributed by atoms with Gasteiger partial charge in [-0.1, -0.05) is 6.07 Å². The van der Waals surface area contributed by atoms with Crippen LogP contribution in [0.5, 0.6) is 0 Å². The van der Waals surface area contributed by atoms with E-state index in [1.807, 2.05) is 13.0 Å². The van der Waals surface area contributed by atoms with Crippen molar-refractivity contribution in [3.63, 3.8) is 0 Å². The van der Waals surface area contributed by atoms with Crippen LogP contribution in [0.3, 0.4) is 0 Å². The number of fused-ring (bicyclic) bond motifs is 2. The molecule has 4 aromatic heterocycles. The molecule has 0 unspecified atom stereocenters. The van der Waals surface area contributed by atoms with Crippen LogP contribution >= 0.6 is 0 Å². The second-order valence-corrected chi connectivity index (χ2v) is 7.36. The third kappa shape index (κ3) is 2.84. The summed E-state index contributed by atoms with van der Waals surface area (Å²) < 4.78 is 7.52. The van der Waals surface area contributed by atoms with Crippen molar-refractivity contribution >= 4 is 5.65 Å². The number of aromatic amines is 1. The number of nitrogens with one attached hydrogen (secondary N) is 1. The molecule has 0 saturated heterocycles. The van der Waals surface area contributed by atoms with Crippen molar-refractivity contribution in [1.29, 1.82) is 0 Å². The largest absolute Gasteiger partial charge is 0.461 e. The first-order valence-corrected chi connectivity index (χ1v) is 9.41. The third-order valence-electron chi connectivity index (χ3n) is 5.34. The number of nitrogens with zero attached hydrogens (tertiary/aromatic N) is 4. The summed E-state index contributed by atoms with van der Waals surface area (Å²) in [5.41, 5.74) is 5.85. The fourth-order valence-electron chi connectivity index (χ4n) is 3.87. The van der Waals surface area contributed by atoms with Crippen LogP contribution in [0.4, 0.5) is 0 Å². The van der Waals surface area contributed by atoms with Crippen LogP contribution in [0, 0.1) is 13.8 Å². The molecular formula is C21H21N5O2. The Kier molecular flexibility index (Phi) is 3.91. The lowest BCUT2D eigenvalue weighted by Gasteiger charge is -2.27. The normalized spacial score (nSPS) is 14.5. The maximum atomic E-state index is 12.7. The van der Waals surface area contributed by atoms with E-state index < -0.39 is 0 Å². The molecule has 1 N–H and O–H groups in total. The molecule has 0 atom stereocenters. The van der Waals surface area contributed by atoms with Gasteiger partial charge in [-0.2, -0.15) is 0 Å². The average molecular weight is 375 g/mol. The molecule has 0 fully saturated rings. The molecule has 5 heterocycles. The number of pyridine rings is 1. The molecule has 0 spiro atoms. The molecule has 5 rings (SSSR count). The first-order chi connectivity index (χ1) is 13.6. The molecule has 4 aromatic rings. The zero-order chi connectivity index (χ0) is 19.3. The quantitative estimate of drug-likeness (QED) is 0.596. The van der Waals surface area contributed by atoms with Gasteiger partial charge in [-0.15, -0.1) is 0 Å². The first kappa shape index (κ1) is 16.9. The smallest absolute Gasteiger partial charge is 0.256 e. The topological polar surface area (TPSA) is 79.4 Å². The van der Waals surface area contributed by atoms with E-state index in [1.54, 1.807) is 18.4 Å². The molecule has 0 amide bonds. The fraction of sp³-hybridized carbons (Fsp3) is 0.286. The maximum absolute atomic E-state index is 12.7. The summed E-state index contributed by atoms with van der Waals surface area (Å²) in [6.45, 7) is 6.29. The minimum atomic E-state index is -0.0909. The summed E-state index contributed by atoms with van der Waals surface area (Å²) in [5.74, 6) is 1.08. The predicted molar refractivity (Wildman–Crippen MR) is 105 cm³/mol. The summed E-state index contributed by atoms with van der Waals surface area (Å²) in [4.78, 5) is 27.1. The van der Waals surface area contributed by atoms with E-state index in [1.165, 1.54) is 11.3 Å². The molecule has 1 aliphatic rings. The standard InChI is InChI=1S/C21H21N5O2/c1-13-5-6-19-22-14(2)17(26(19)10-13)12-25-8-7-16-15(11-25)21(27)24-20(23-16)18-4-3-9-28-18/h3-6,9-10H,7-8,11-12H2,1-2H3,(H,23,24,27). The van der Waals surface area contributed by atoms with E-state index >= 15 is 0 Å². The van der Waals surface area contributed by atoms with Crippen LogP contribution in [-0.4, -0.2) is 30.8 Å². The number of rotatable bonds is 3. The van der Waals surface area contributed by atoms with Crippen molar-refractivity contribution in [3.8, 4) is 11.6 Å². The van der Waals surface area contributed by atoms with E-state index in [0.717, 1.165) is 42.1 Å². The minimum absolute atomic E-state index is 0.0909. The van der Waals surface area contributed by atoms with Crippen LogP contribution in [0.2, 0.25) is 0 Å². The number of H-pyrrole nitrogens is 1. The molecule has 0 aromatic carbocycles. The summed E-state index contributed by atoms with van der Waals surface area (Å²) in [7, 11) is 0. The zero-order valence-electron chi connectivity index (χ0n) is 15.9. The van der Waals surface area contributed by atoms with Gasteiger partial charge in [-0.25, -0.2) is 9.97 Å². The van der Waals surface area contributed by atoms with Crippen molar-refractivity contribution in [2.75, 3.05) is 6.54 Å². The van der Waals surface area contributed by atoms with Crippen molar-refractivity contribution < 1.29 is 4.42 Å². The van der Waals surface area contributed by atoms with Crippen molar-refractivity contribution in [1.82, 2.24) is 24.3 Å². The summed E-state index contributed by atoms with van der Waals surface area (Å²) in [6, 6.07) is 7.71. The van der Waals surface area contributed by atoms with Gasteiger partial charge in [-0.3, -0.25) is 9.69 Å². The molecule has 142 valence electrons. The van der Waals surface area contributed by atoms with Crippen LogP contribution < -0.4 is 5.56 Å². The fourth-order valence-corrected chi connectivity index (χ4v) is 3.87. The maximum Gasteiger partial charge on any atom is 0.256 e. The van der Waals surface area contributed by atoms with Gasteiger partial charge < -0.3 is 13.8 Å². The van der Waals surface area contributed by atoms with Crippen LogP contribution in [0.25, 0.3) is 17.2 Å². The number of aryl methyl sites for hydroxylation is 2.